The Bertz CT molecular complexity index is 919. The largest absolute Gasteiger partial charge is 0.416 e. The van der Waals surface area contributed by atoms with Crippen LogP contribution in [0.1, 0.15) is 61.9 Å². The van der Waals surface area contributed by atoms with Crippen LogP contribution in [0, 0.1) is 11.8 Å². The van der Waals surface area contributed by atoms with Crippen molar-refractivity contribution in [1.29, 1.82) is 0 Å². The Balaban J connectivity index is 1.59. The van der Waals surface area contributed by atoms with E-state index in [9.17, 15) is 18.3 Å². The van der Waals surface area contributed by atoms with Crippen molar-refractivity contribution in [3.63, 3.8) is 0 Å². The summed E-state index contributed by atoms with van der Waals surface area (Å²) in [6.07, 6.45) is -2.44. The molecule has 0 aromatic heterocycles. The second-order valence-corrected chi connectivity index (χ2v) is 9.67. The number of benzene rings is 2. The predicted molar refractivity (Wildman–Crippen MR) is 123 cm³/mol. The lowest BCUT2D eigenvalue weighted by Crippen LogP contribution is -2.45. The van der Waals surface area contributed by atoms with Crippen molar-refractivity contribution in [3.8, 4) is 0 Å². The third-order valence-electron chi connectivity index (χ3n) is 6.74. The number of hydrogen-bond donors (Lipinski definition) is 3. The first-order valence-electron chi connectivity index (χ1n) is 11.8. The van der Waals surface area contributed by atoms with Crippen LogP contribution in [0.5, 0.6) is 0 Å². The minimum atomic E-state index is -4.40. The lowest BCUT2D eigenvalue weighted by molar-refractivity contribution is -0.138. The molecule has 7 heteroatoms. The van der Waals surface area contributed by atoms with Crippen molar-refractivity contribution in [2.45, 2.75) is 63.6 Å². The molecule has 0 bridgehead atoms. The molecule has 4 rings (SSSR count). The molecule has 2 aliphatic rings. The van der Waals surface area contributed by atoms with Crippen LogP contribution in [0.4, 0.5) is 18.9 Å². The molecule has 1 unspecified atom stereocenters. The molecule has 33 heavy (non-hydrogen) atoms. The number of aliphatic hydroxyl groups excluding tert-OH is 1. The molecule has 2 heterocycles. The quantitative estimate of drug-likeness (QED) is 0.494. The Morgan fingerprint density at radius 1 is 1.12 bits per heavy atom. The SMILES string of the molecule is CC(C)CC(CO)NC[C@H]1CC[C@@H]2[C@H](O1)c1cc(C(F)(F)F)ccc1N[C@H]2c1ccccc1. The van der Waals surface area contributed by atoms with Crippen molar-refractivity contribution >= 4 is 5.69 Å². The minimum Gasteiger partial charge on any atom is -0.395 e. The van der Waals surface area contributed by atoms with Gasteiger partial charge in [-0.3, -0.25) is 0 Å². The smallest absolute Gasteiger partial charge is 0.395 e. The number of fused-ring (bicyclic) bond motifs is 3. The Labute approximate surface area is 193 Å². The van der Waals surface area contributed by atoms with Crippen molar-refractivity contribution < 1.29 is 23.0 Å². The Morgan fingerprint density at radius 2 is 1.88 bits per heavy atom. The van der Waals surface area contributed by atoms with Gasteiger partial charge in [-0.1, -0.05) is 44.2 Å². The maximum absolute atomic E-state index is 13.5. The number of ether oxygens (including phenoxy) is 1. The summed E-state index contributed by atoms with van der Waals surface area (Å²) in [5.74, 6) is 0.485. The van der Waals surface area contributed by atoms with Gasteiger partial charge in [-0.15, -0.1) is 0 Å². The second-order valence-electron chi connectivity index (χ2n) is 9.67. The molecular formula is C26H33F3N2O2. The number of hydrogen-bond acceptors (Lipinski definition) is 4. The molecule has 2 aromatic carbocycles. The fraction of sp³-hybridized carbons (Fsp3) is 0.538. The highest BCUT2D eigenvalue weighted by Gasteiger charge is 2.43. The average Bonchev–Trinajstić information content (AvgIpc) is 2.80. The van der Waals surface area contributed by atoms with Crippen molar-refractivity contribution in [2.75, 3.05) is 18.5 Å². The van der Waals surface area contributed by atoms with Crippen LogP contribution in [-0.2, 0) is 10.9 Å². The maximum atomic E-state index is 13.5. The van der Waals surface area contributed by atoms with E-state index in [1.807, 2.05) is 18.2 Å². The molecule has 2 aromatic rings. The number of halogens is 3. The highest BCUT2D eigenvalue weighted by Crippen LogP contribution is 2.51. The van der Waals surface area contributed by atoms with Crippen LogP contribution >= 0.6 is 0 Å². The summed E-state index contributed by atoms with van der Waals surface area (Å²) in [4.78, 5) is 0. The van der Waals surface area contributed by atoms with Gasteiger partial charge in [-0.2, -0.15) is 13.2 Å². The average molecular weight is 463 g/mol. The topological polar surface area (TPSA) is 53.5 Å². The molecule has 2 aliphatic heterocycles. The monoisotopic (exact) mass is 462 g/mol. The summed E-state index contributed by atoms with van der Waals surface area (Å²) in [6, 6.07) is 13.9. The van der Waals surface area contributed by atoms with Gasteiger partial charge < -0.3 is 20.5 Å². The molecule has 0 radical (unpaired) electrons. The van der Waals surface area contributed by atoms with Gasteiger partial charge in [0.25, 0.3) is 0 Å². The van der Waals surface area contributed by atoms with E-state index in [0.29, 0.717) is 23.7 Å². The van der Waals surface area contributed by atoms with E-state index in [-0.39, 0.29) is 30.7 Å². The predicted octanol–water partition coefficient (Wildman–Crippen LogP) is 5.71. The first-order chi connectivity index (χ1) is 15.8. The Morgan fingerprint density at radius 3 is 2.55 bits per heavy atom. The van der Waals surface area contributed by atoms with Gasteiger partial charge in [0.2, 0.25) is 0 Å². The summed E-state index contributed by atoms with van der Waals surface area (Å²) in [5.41, 5.74) is 1.73. The zero-order valence-corrected chi connectivity index (χ0v) is 19.1. The van der Waals surface area contributed by atoms with E-state index in [1.165, 1.54) is 12.1 Å². The maximum Gasteiger partial charge on any atom is 0.416 e. The first kappa shape index (κ1) is 24.0. The summed E-state index contributed by atoms with van der Waals surface area (Å²) in [5, 5.41) is 16.6. The molecular weight excluding hydrogens is 429 g/mol. The van der Waals surface area contributed by atoms with Crippen LogP contribution in [-0.4, -0.2) is 30.4 Å². The molecule has 1 saturated heterocycles. The van der Waals surface area contributed by atoms with Crippen molar-refractivity contribution in [1.82, 2.24) is 5.32 Å². The van der Waals surface area contributed by atoms with Gasteiger partial charge in [-0.05, 0) is 48.9 Å². The number of aliphatic hydroxyl groups is 1. The molecule has 3 N–H and O–H groups in total. The number of rotatable bonds is 7. The summed E-state index contributed by atoms with van der Waals surface area (Å²) in [6.45, 7) is 4.84. The number of anilines is 1. The van der Waals surface area contributed by atoms with Crippen LogP contribution in [0.25, 0.3) is 0 Å². The van der Waals surface area contributed by atoms with E-state index in [4.69, 9.17) is 4.74 Å². The molecule has 0 saturated carbocycles. The third-order valence-corrected chi connectivity index (χ3v) is 6.74. The van der Waals surface area contributed by atoms with Crippen molar-refractivity contribution in [2.24, 2.45) is 11.8 Å². The number of alkyl halides is 3. The molecule has 4 nitrogen and oxygen atoms in total. The first-order valence-corrected chi connectivity index (χ1v) is 11.8. The van der Waals surface area contributed by atoms with Gasteiger partial charge >= 0.3 is 6.18 Å². The molecule has 180 valence electrons. The molecule has 1 fully saturated rings. The highest BCUT2D eigenvalue weighted by molar-refractivity contribution is 5.58. The van der Waals surface area contributed by atoms with Gasteiger partial charge in [0, 0.05) is 29.8 Å². The second kappa shape index (κ2) is 10.0. The molecule has 5 atom stereocenters. The van der Waals surface area contributed by atoms with E-state index < -0.39 is 17.8 Å². The normalized spacial score (nSPS) is 25.8. The van der Waals surface area contributed by atoms with Crippen LogP contribution in [0.3, 0.4) is 0 Å². The van der Waals surface area contributed by atoms with Gasteiger partial charge in [0.15, 0.2) is 0 Å². The fourth-order valence-corrected chi connectivity index (χ4v) is 5.16. The van der Waals surface area contributed by atoms with E-state index in [0.717, 1.165) is 30.9 Å². The lowest BCUT2D eigenvalue weighted by atomic mass is 9.76. The number of nitrogens with one attached hydrogen (secondary N) is 2. The van der Waals surface area contributed by atoms with E-state index >= 15 is 0 Å². The highest BCUT2D eigenvalue weighted by atomic mass is 19.4. The van der Waals surface area contributed by atoms with Gasteiger partial charge in [0.05, 0.1) is 30.4 Å². The third kappa shape index (κ3) is 5.53. The zero-order valence-electron chi connectivity index (χ0n) is 19.1. The minimum absolute atomic E-state index is 0.0134. The molecule has 0 spiro atoms. The molecule has 0 aliphatic carbocycles. The Hall–Kier alpha value is -2.09. The van der Waals surface area contributed by atoms with Crippen LogP contribution in [0.2, 0.25) is 0 Å². The van der Waals surface area contributed by atoms with E-state index in [1.54, 1.807) is 0 Å². The van der Waals surface area contributed by atoms with Gasteiger partial charge in [0.1, 0.15) is 0 Å². The van der Waals surface area contributed by atoms with Crippen molar-refractivity contribution in [3.05, 3.63) is 65.2 Å². The summed E-state index contributed by atoms with van der Waals surface area (Å²) < 4.78 is 46.9. The van der Waals surface area contributed by atoms with E-state index in [2.05, 4.69) is 36.6 Å². The van der Waals surface area contributed by atoms with Gasteiger partial charge in [-0.25, -0.2) is 0 Å². The summed E-state index contributed by atoms with van der Waals surface area (Å²) in [7, 11) is 0. The fourth-order valence-electron chi connectivity index (χ4n) is 5.16. The van der Waals surface area contributed by atoms with Crippen LogP contribution in [0.15, 0.2) is 48.5 Å². The van der Waals surface area contributed by atoms with Crippen LogP contribution < -0.4 is 10.6 Å². The standard InChI is InChI=1S/C26H33F3N2O2/c1-16(2)12-19(15-32)30-14-20-9-10-21-24(17-6-4-3-5-7-17)31-23-11-8-18(26(27,28)29)13-22(23)25(21)33-20/h3-8,11,13,16,19-21,24-25,30-32H,9-10,12,14-15H2,1-2H3/t19?,20-,21+,24+,25+/m1/s1. The molecule has 0 amide bonds. The zero-order chi connectivity index (χ0) is 23.6. The Kier molecular flexibility index (Phi) is 7.31. The lowest BCUT2D eigenvalue weighted by Gasteiger charge is -2.46. The summed E-state index contributed by atoms with van der Waals surface area (Å²) >= 11 is 0.